The van der Waals surface area contributed by atoms with Crippen LogP contribution in [0.15, 0.2) is 170 Å². The first-order valence-electron chi connectivity index (χ1n) is 18.0. The molecule has 0 aliphatic heterocycles. The summed E-state index contributed by atoms with van der Waals surface area (Å²) in [4.78, 5) is 21.3. The van der Waals surface area contributed by atoms with Crippen molar-refractivity contribution in [1.29, 1.82) is 0 Å². The van der Waals surface area contributed by atoms with Crippen molar-refractivity contribution in [2.45, 2.75) is 25.7 Å². The lowest BCUT2D eigenvalue weighted by Gasteiger charge is -2.18. The smallest absolute Gasteiger partial charge is 0.161 e. The van der Waals surface area contributed by atoms with Crippen LogP contribution in [0.1, 0.15) is 37.1 Å². The highest BCUT2D eigenvalue weighted by atomic mass is 14.9. The molecule has 9 rings (SSSR count). The Balaban J connectivity index is 1.23. The zero-order valence-electron chi connectivity index (χ0n) is 28.8. The molecule has 248 valence electrons. The average molecular weight is 669 g/mol. The molecule has 0 saturated heterocycles. The van der Waals surface area contributed by atoms with E-state index in [9.17, 15) is 0 Å². The molecule has 0 radical (unpaired) electrons. The Morgan fingerprint density at radius 2 is 0.904 bits per heavy atom. The summed E-state index contributed by atoms with van der Waals surface area (Å²) in [6.07, 6.45) is 17.5. The molecule has 0 unspecified atom stereocenters. The molecule has 0 bridgehead atoms. The Morgan fingerprint density at radius 1 is 0.365 bits per heavy atom. The van der Waals surface area contributed by atoms with Crippen LogP contribution >= 0.6 is 0 Å². The van der Waals surface area contributed by atoms with E-state index in [0.29, 0.717) is 5.82 Å². The van der Waals surface area contributed by atoms with Crippen LogP contribution < -0.4 is 0 Å². The number of allylic oxidation sites excluding steroid dienone is 8. The second-order valence-corrected chi connectivity index (χ2v) is 13.2. The van der Waals surface area contributed by atoms with Crippen molar-refractivity contribution in [3.8, 4) is 56.3 Å². The summed E-state index contributed by atoms with van der Waals surface area (Å²) in [5, 5.41) is 1.06. The van der Waals surface area contributed by atoms with Gasteiger partial charge in [-0.25, -0.2) is 19.9 Å². The van der Waals surface area contributed by atoms with Crippen LogP contribution in [-0.4, -0.2) is 19.9 Å². The van der Waals surface area contributed by atoms with Crippen LogP contribution in [0.5, 0.6) is 0 Å². The standard InChI is InChI=1S/C48H36N4/c1-5-18-33(19-6-1)43-41-30-15-16-31-42(41)49-48(52-43)40-29-14-13-28-39(40)37-26-17-27-38(32-37)47-46(36-24-11-4-12-25-36)50-44(34-20-7-2-8-21-34)45(51-47)35-22-9-3-10-23-35/h3-5,7,9-32H,1-2,6,8H2. The molecular weight excluding hydrogens is 633 g/mol. The molecule has 0 fully saturated rings. The molecule has 0 amide bonds. The summed E-state index contributed by atoms with van der Waals surface area (Å²) < 4.78 is 0. The molecule has 2 aliphatic carbocycles. The normalized spacial score (nSPS) is 13.9. The fraction of sp³-hybridized carbons (Fsp3) is 0.0833. The topological polar surface area (TPSA) is 51.6 Å². The van der Waals surface area contributed by atoms with Gasteiger partial charge in [-0.05, 0) is 60.1 Å². The van der Waals surface area contributed by atoms with Gasteiger partial charge in [0, 0.05) is 27.6 Å². The SMILES string of the molecule is C1=CC(c2nc(-c3ccccc3)c(-c3cccc(-c4ccccc4-c4nc(C5=CCCC=C5)c5ccccc5n4)c3)nc2-c2ccccc2)=CCC1. The summed E-state index contributed by atoms with van der Waals surface area (Å²) in [5.74, 6) is 0.712. The van der Waals surface area contributed by atoms with Crippen molar-refractivity contribution in [3.63, 3.8) is 0 Å². The van der Waals surface area contributed by atoms with Crippen LogP contribution in [0.2, 0.25) is 0 Å². The minimum Gasteiger partial charge on any atom is -0.243 e. The van der Waals surface area contributed by atoms with Crippen LogP contribution in [0.3, 0.4) is 0 Å². The maximum absolute atomic E-state index is 5.50. The van der Waals surface area contributed by atoms with Gasteiger partial charge >= 0.3 is 0 Å². The predicted octanol–water partition coefficient (Wildman–Crippen LogP) is 12.2. The second kappa shape index (κ2) is 14.0. The lowest BCUT2D eigenvalue weighted by atomic mass is 9.94. The molecule has 5 aromatic carbocycles. The molecular formula is C48H36N4. The van der Waals surface area contributed by atoms with E-state index < -0.39 is 0 Å². The molecule has 2 aliphatic rings. The highest BCUT2D eigenvalue weighted by Crippen LogP contribution is 2.39. The van der Waals surface area contributed by atoms with Gasteiger partial charge < -0.3 is 0 Å². The fourth-order valence-electron chi connectivity index (χ4n) is 7.19. The monoisotopic (exact) mass is 668 g/mol. The van der Waals surface area contributed by atoms with Gasteiger partial charge in [0.2, 0.25) is 0 Å². The lowest BCUT2D eigenvalue weighted by molar-refractivity contribution is 1.03. The molecule has 52 heavy (non-hydrogen) atoms. The summed E-state index contributed by atoms with van der Waals surface area (Å²) >= 11 is 0. The van der Waals surface area contributed by atoms with Crippen LogP contribution in [0.4, 0.5) is 0 Å². The van der Waals surface area contributed by atoms with Crippen molar-refractivity contribution < 1.29 is 0 Å². The first-order chi connectivity index (χ1) is 25.8. The number of nitrogens with zero attached hydrogens (tertiary/aromatic N) is 4. The van der Waals surface area contributed by atoms with Crippen molar-refractivity contribution in [2.24, 2.45) is 0 Å². The van der Waals surface area contributed by atoms with Crippen molar-refractivity contribution in [1.82, 2.24) is 19.9 Å². The van der Waals surface area contributed by atoms with Gasteiger partial charge in [0.25, 0.3) is 0 Å². The van der Waals surface area contributed by atoms with E-state index in [1.165, 1.54) is 0 Å². The number of hydrogen-bond acceptors (Lipinski definition) is 4. The van der Waals surface area contributed by atoms with Crippen LogP contribution in [0, 0.1) is 0 Å². The lowest BCUT2D eigenvalue weighted by Crippen LogP contribution is -2.03. The largest absolute Gasteiger partial charge is 0.243 e. The van der Waals surface area contributed by atoms with E-state index in [1.54, 1.807) is 0 Å². The third-order valence-electron chi connectivity index (χ3n) is 9.75. The number of fused-ring (bicyclic) bond motifs is 1. The maximum atomic E-state index is 5.50. The van der Waals surface area contributed by atoms with Gasteiger partial charge in [-0.3, -0.25) is 0 Å². The zero-order chi connectivity index (χ0) is 34.7. The Bertz CT molecular complexity index is 2560. The zero-order valence-corrected chi connectivity index (χ0v) is 28.8. The van der Waals surface area contributed by atoms with Crippen molar-refractivity contribution in [2.75, 3.05) is 0 Å². The minimum absolute atomic E-state index is 0.712. The Labute approximate surface area is 304 Å². The van der Waals surface area contributed by atoms with Crippen molar-refractivity contribution >= 4 is 22.0 Å². The molecule has 0 N–H and O–H groups in total. The number of hydrogen-bond donors (Lipinski definition) is 0. The average Bonchev–Trinajstić information content (AvgIpc) is 3.24. The molecule has 2 heterocycles. The molecule has 0 atom stereocenters. The van der Waals surface area contributed by atoms with E-state index in [4.69, 9.17) is 19.9 Å². The number of benzene rings is 5. The Hall–Kier alpha value is -6.52. The quantitative estimate of drug-likeness (QED) is 0.170. The van der Waals surface area contributed by atoms with E-state index >= 15 is 0 Å². The number of aromatic nitrogens is 4. The molecule has 2 aromatic heterocycles. The number of rotatable bonds is 7. The fourth-order valence-corrected chi connectivity index (χ4v) is 7.19. The Morgan fingerprint density at radius 3 is 1.60 bits per heavy atom. The molecule has 4 nitrogen and oxygen atoms in total. The molecule has 7 aromatic rings. The molecule has 0 saturated carbocycles. The molecule has 0 spiro atoms. The third-order valence-corrected chi connectivity index (χ3v) is 9.75. The van der Waals surface area contributed by atoms with E-state index in [0.717, 1.165) is 110 Å². The van der Waals surface area contributed by atoms with E-state index in [-0.39, 0.29) is 0 Å². The van der Waals surface area contributed by atoms with Gasteiger partial charge in [-0.1, -0.05) is 158 Å². The Kier molecular flexibility index (Phi) is 8.47. The number of para-hydroxylation sites is 1. The first kappa shape index (κ1) is 31.5. The third kappa shape index (κ3) is 6.09. The first-order valence-corrected chi connectivity index (χ1v) is 18.0. The summed E-state index contributed by atoms with van der Waals surface area (Å²) in [6, 6.07) is 46.2. The van der Waals surface area contributed by atoms with Crippen LogP contribution in [-0.2, 0) is 0 Å². The minimum atomic E-state index is 0.712. The predicted molar refractivity (Wildman–Crippen MR) is 215 cm³/mol. The van der Waals surface area contributed by atoms with E-state index in [1.807, 2.05) is 18.2 Å². The van der Waals surface area contributed by atoms with E-state index in [2.05, 4.69) is 152 Å². The maximum Gasteiger partial charge on any atom is 0.161 e. The highest BCUT2D eigenvalue weighted by Gasteiger charge is 2.21. The summed E-state index contributed by atoms with van der Waals surface area (Å²) in [5.41, 5.74) is 13.8. The van der Waals surface area contributed by atoms with Gasteiger partial charge in [-0.15, -0.1) is 0 Å². The summed E-state index contributed by atoms with van der Waals surface area (Å²) in [7, 11) is 0. The second-order valence-electron chi connectivity index (χ2n) is 13.2. The van der Waals surface area contributed by atoms with Crippen LogP contribution in [0.25, 0.3) is 78.3 Å². The van der Waals surface area contributed by atoms with Gasteiger partial charge in [0.15, 0.2) is 5.82 Å². The van der Waals surface area contributed by atoms with Gasteiger partial charge in [-0.2, -0.15) is 0 Å². The molecule has 4 heteroatoms. The van der Waals surface area contributed by atoms with Crippen molar-refractivity contribution in [3.05, 3.63) is 181 Å². The van der Waals surface area contributed by atoms with Gasteiger partial charge in [0.05, 0.1) is 34.0 Å². The summed E-state index contributed by atoms with van der Waals surface area (Å²) in [6.45, 7) is 0. The van der Waals surface area contributed by atoms with Gasteiger partial charge in [0.1, 0.15) is 0 Å². The highest BCUT2D eigenvalue weighted by molar-refractivity contribution is 5.95.